The number of nitrogens with zero attached hydrogens (tertiary/aromatic N) is 1. The van der Waals surface area contributed by atoms with Crippen LogP contribution in [0.1, 0.15) is 83.4 Å². The number of carbonyl (C=O) groups excluding carboxylic acids is 3. The summed E-state index contributed by atoms with van der Waals surface area (Å²) in [5, 5.41) is 15.7. The molecule has 0 radical (unpaired) electrons. The SMILES string of the molecule is CCCCCNC(=O)C(c1ccc(O)c(C)c1)N(C(=O)C(CS)NC(=O)OC(C)(C)C)C1CCC1. The van der Waals surface area contributed by atoms with Gasteiger partial charge in [0.25, 0.3) is 0 Å². The number of hydrogen-bond acceptors (Lipinski definition) is 6. The van der Waals surface area contributed by atoms with E-state index < -0.39 is 23.8 Å². The van der Waals surface area contributed by atoms with Crippen molar-refractivity contribution in [1.29, 1.82) is 0 Å². The van der Waals surface area contributed by atoms with Crippen molar-refractivity contribution in [1.82, 2.24) is 15.5 Å². The largest absolute Gasteiger partial charge is 0.508 e. The number of carbonyl (C=O) groups is 3. The average molecular weight is 508 g/mol. The molecular formula is C26H41N3O5S. The summed E-state index contributed by atoms with van der Waals surface area (Å²) in [6.07, 6.45) is 4.67. The fraction of sp³-hybridized carbons (Fsp3) is 0.654. The van der Waals surface area contributed by atoms with Crippen LogP contribution in [-0.2, 0) is 14.3 Å². The van der Waals surface area contributed by atoms with Crippen LogP contribution >= 0.6 is 12.6 Å². The molecule has 3 N–H and O–H groups in total. The molecule has 1 saturated carbocycles. The Balaban J connectivity index is 2.39. The van der Waals surface area contributed by atoms with Crippen LogP contribution in [0.3, 0.4) is 0 Å². The van der Waals surface area contributed by atoms with E-state index >= 15 is 0 Å². The Kier molecular flexibility index (Phi) is 10.7. The molecule has 0 aromatic heterocycles. The number of phenolic OH excluding ortho intramolecular Hbond substituents is 1. The molecular weight excluding hydrogens is 466 g/mol. The van der Waals surface area contributed by atoms with Crippen LogP contribution in [0.2, 0.25) is 0 Å². The first kappa shape index (κ1) is 28.8. The summed E-state index contributed by atoms with van der Waals surface area (Å²) in [7, 11) is 0. The highest BCUT2D eigenvalue weighted by atomic mass is 32.1. The molecule has 1 aromatic rings. The number of nitrogens with one attached hydrogen (secondary N) is 2. The molecule has 196 valence electrons. The highest BCUT2D eigenvalue weighted by Crippen LogP contribution is 2.35. The maximum absolute atomic E-state index is 13.8. The Morgan fingerprint density at radius 2 is 1.91 bits per heavy atom. The van der Waals surface area contributed by atoms with Gasteiger partial charge in [-0.3, -0.25) is 9.59 Å². The Labute approximate surface area is 214 Å². The first-order chi connectivity index (χ1) is 16.5. The lowest BCUT2D eigenvalue weighted by molar-refractivity contribution is -0.147. The van der Waals surface area contributed by atoms with E-state index in [1.807, 2.05) is 0 Å². The molecule has 0 aliphatic heterocycles. The minimum absolute atomic E-state index is 0.0563. The molecule has 8 nitrogen and oxygen atoms in total. The monoisotopic (exact) mass is 507 g/mol. The molecule has 35 heavy (non-hydrogen) atoms. The van der Waals surface area contributed by atoms with Gasteiger partial charge in [-0.2, -0.15) is 12.6 Å². The van der Waals surface area contributed by atoms with Gasteiger partial charge in [0.05, 0.1) is 0 Å². The van der Waals surface area contributed by atoms with Crippen molar-refractivity contribution in [3.05, 3.63) is 29.3 Å². The van der Waals surface area contributed by atoms with E-state index in [-0.39, 0.29) is 29.4 Å². The fourth-order valence-electron chi connectivity index (χ4n) is 3.97. The number of aromatic hydroxyl groups is 1. The van der Waals surface area contributed by atoms with Crippen molar-refractivity contribution < 1.29 is 24.2 Å². The van der Waals surface area contributed by atoms with Gasteiger partial charge in [-0.05, 0) is 76.6 Å². The maximum Gasteiger partial charge on any atom is 0.408 e. The van der Waals surface area contributed by atoms with Crippen LogP contribution in [0, 0.1) is 6.92 Å². The number of amides is 3. The van der Waals surface area contributed by atoms with Crippen LogP contribution in [-0.4, -0.2) is 57.9 Å². The summed E-state index contributed by atoms with van der Waals surface area (Å²) in [6.45, 7) is 9.60. The lowest BCUT2D eigenvalue weighted by Crippen LogP contribution is -2.58. The normalized spacial score (nSPS) is 15.5. The number of thiol groups is 1. The number of ether oxygens (including phenoxy) is 1. The molecule has 0 spiro atoms. The number of rotatable bonds is 11. The molecule has 0 bridgehead atoms. The van der Waals surface area contributed by atoms with Crippen molar-refractivity contribution in [2.45, 2.75) is 96.9 Å². The first-order valence-corrected chi connectivity index (χ1v) is 13.1. The highest BCUT2D eigenvalue weighted by Gasteiger charge is 2.41. The molecule has 1 aliphatic carbocycles. The van der Waals surface area contributed by atoms with E-state index in [0.29, 0.717) is 17.7 Å². The minimum atomic E-state index is -0.956. The summed E-state index contributed by atoms with van der Waals surface area (Å²) >= 11 is 4.32. The van der Waals surface area contributed by atoms with E-state index in [4.69, 9.17) is 4.74 Å². The fourth-order valence-corrected chi connectivity index (χ4v) is 4.22. The number of hydrogen-bond donors (Lipinski definition) is 4. The zero-order valence-electron chi connectivity index (χ0n) is 21.6. The van der Waals surface area contributed by atoms with Gasteiger partial charge < -0.3 is 25.4 Å². The van der Waals surface area contributed by atoms with Crippen LogP contribution in [0.5, 0.6) is 5.75 Å². The van der Waals surface area contributed by atoms with Crippen molar-refractivity contribution >= 4 is 30.5 Å². The van der Waals surface area contributed by atoms with Gasteiger partial charge in [0, 0.05) is 18.3 Å². The summed E-state index contributed by atoms with van der Waals surface area (Å²) < 4.78 is 5.34. The molecule has 0 saturated heterocycles. The van der Waals surface area contributed by atoms with Crippen molar-refractivity contribution in [3.63, 3.8) is 0 Å². The van der Waals surface area contributed by atoms with E-state index in [1.54, 1.807) is 50.8 Å². The summed E-state index contributed by atoms with van der Waals surface area (Å²) in [4.78, 5) is 41.4. The Morgan fingerprint density at radius 1 is 1.23 bits per heavy atom. The smallest absolute Gasteiger partial charge is 0.408 e. The third-order valence-corrected chi connectivity index (χ3v) is 6.40. The number of aryl methyl sites for hydroxylation is 1. The molecule has 0 heterocycles. The Bertz CT molecular complexity index is 882. The van der Waals surface area contributed by atoms with Gasteiger partial charge in [-0.1, -0.05) is 25.8 Å². The van der Waals surface area contributed by atoms with Gasteiger partial charge in [0.15, 0.2) is 0 Å². The first-order valence-electron chi connectivity index (χ1n) is 12.5. The van der Waals surface area contributed by atoms with E-state index in [9.17, 15) is 19.5 Å². The van der Waals surface area contributed by atoms with Gasteiger partial charge in [0.1, 0.15) is 23.4 Å². The van der Waals surface area contributed by atoms with Crippen LogP contribution in [0.4, 0.5) is 4.79 Å². The van der Waals surface area contributed by atoms with Crippen molar-refractivity contribution in [3.8, 4) is 5.75 Å². The van der Waals surface area contributed by atoms with E-state index in [2.05, 4.69) is 30.2 Å². The Morgan fingerprint density at radius 3 is 2.43 bits per heavy atom. The van der Waals surface area contributed by atoms with Gasteiger partial charge in [-0.25, -0.2) is 4.79 Å². The standard InChI is InChI=1S/C26H41N3O5S/c1-6-7-8-14-27-23(31)22(18-12-13-21(30)17(2)15-18)29(19-10-9-11-19)24(32)20(16-35)28-25(33)34-26(3,4)5/h12-13,15,19-20,22,30,35H,6-11,14,16H2,1-5H3,(H,27,31)(H,28,33). The van der Waals surface area contributed by atoms with Crippen molar-refractivity contribution in [2.75, 3.05) is 12.3 Å². The minimum Gasteiger partial charge on any atom is -0.508 e. The molecule has 2 atom stereocenters. The molecule has 1 aromatic carbocycles. The second-order valence-corrected chi connectivity index (χ2v) is 10.5. The second-order valence-electron chi connectivity index (χ2n) is 10.2. The molecule has 9 heteroatoms. The van der Waals surface area contributed by atoms with Crippen LogP contribution in [0.25, 0.3) is 0 Å². The maximum atomic E-state index is 13.8. The van der Waals surface area contributed by atoms with Crippen molar-refractivity contribution in [2.24, 2.45) is 0 Å². The number of unbranched alkanes of at least 4 members (excludes halogenated alkanes) is 2. The zero-order chi connectivity index (χ0) is 26.2. The van der Waals surface area contributed by atoms with E-state index in [0.717, 1.165) is 38.5 Å². The lowest BCUT2D eigenvalue weighted by Gasteiger charge is -2.43. The number of alkyl carbamates (subject to hydrolysis) is 1. The average Bonchev–Trinajstić information content (AvgIpc) is 2.74. The molecule has 1 aliphatic rings. The third-order valence-electron chi connectivity index (χ3n) is 6.04. The van der Waals surface area contributed by atoms with E-state index in [1.165, 1.54) is 0 Å². The lowest BCUT2D eigenvalue weighted by atomic mass is 9.88. The quantitative estimate of drug-likeness (QED) is 0.265. The van der Waals surface area contributed by atoms with Crippen LogP contribution < -0.4 is 10.6 Å². The summed E-state index contributed by atoms with van der Waals surface area (Å²) in [6, 6.07) is 2.97. The highest BCUT2D eigenvalue weighted by molar-refractivity contribution is 7.80. The molecule has 3 amide bonds. The van der Waals surface area contributed by atoms with Gasteiger partial charge in [-0.15, -0.1) is 0 Å². The summed E-state index contributed by atoms with van der Waals surface area (Å²) in [5.41, 5.74) is 0.514. The van der Waals surface area contributed by atoms with Crippen LogP contribution in [0.15, 0.2) is 18.2 Å². The Hall–Kier alpha value is -2.42. The third kappa shape index (κ3) is 8.33. The molecule has 2 rings (SSSR count). The predicted molar refractivity (Wildman–Crippen MR) is 140 cm³/mol. The zero-order valence-corrected chi connectivity index (χ0v) is 22.5. The van der Waals surface area contributed by atoms with Gasteiger partial charge >= 0.3 is 6.09 Å². The number of phenols is 1. The second kappa shape index (κ2) is 13.0. The molecule has 1 fully saturated rings. The predicted octanol–water partition coefficient (Wildman–Crippen LogP) is 4.25. The summed E-state index contributed by atoms with van der Waals surface area (Å²) in [5.74, 6) is -0.477. The van der Waals surface area contributed by atoms with Gasteiger partial charge in [0.2, 0.25) is 11.8 Å². The topological polar surface area (TPSA) is 108 Å². The molecule has 2 unspecified atom stereocenters. The number of benzene rings is 1.